The van der Waals surface area contributed by atoms with Crippen LogP contribution in [0.5, 0.6) is 0 Å². The molecule has 0 aromatic carbocycles. The first-order valence-corrected chi connectivity index (χ1v) is 4.40. The van der Waals surface area contributed by atoms with Crippen molar-refractivity contribution in [2.75, 3.05) is 13.2 Å². The van der Waals surface area contributed by atoms with Gasteiger partial charge in [-0.05, 0) is 6.08 Å². The first-order valence-electron chi connectivity index (χ1n) is 4.40. The quantitative estimate of drug-likeness (QED) is 0.402. The van der Waals surface area contributed by atoms with Crippen LogP contribution in [0.4, 0.5) is 9.59 Å². The van der Waals surface area contributed by atoms with Gasteiger partial charge in [-0.3, -0.25) is 0 Å². The normalized spacial score (nSPS) is 22.6. The Kier molecular flexibility index (Phi) is 4.21. The molecule has 16 heavy (non-hydrogen) atoms. The van der Waals surface area contributed by atoms with Crippen LogP contribution in [0.15, 0.2) is 12.7 Å². The highest BCUT2D eigenvalue weighted by molar-refractivity contribution is 5.63. The number of rotatable bonds is 4. The number of cyclic esters (lactones) is 2. The van der Waals surface area contributed by atoms with Crippen LogP contribution >= 0.6 is 0 Å². The van der Waals surface area contributed by atoms with E-state index >= 15 is 0 Å². The summed E-state index contributed by atoms with van der Waals surface area (Å²) in [6.45, 7) is 3.10. The molecule has 1 saturated heterocycles. The average Bonchev–Trinajstić information content (AvgIpc) is 2.64. The molecule has 2 unspecified atom stereocenters. The lowest BCUT2D eigenvalue weighted by atomic mass is 10.2. The fourth-order valence-electron chi connectivity index (χ4n) is 1.03. The molecule has 0 aromatic heterocycles. The summed E-state index contributed by atoms with van der Waals surface area (Å²) in [6, 6.07) is 0. The zero-order valence-electron chi connectivity index (χ0n) is 8.38. The van der Waals surface area contributed by atoms with Crippen molar-refractivity contribution >= 4 is 12.3 Å². The predicted octanol–water partition coefficient (Wildman–Crippen LogP) is 0.863. The van der Waals surface area contributed by atoms with Gasteiger partial charge in [0.05, 0.1) is 0 Å². The second-order valence-corrected chi connectivity index (χ2v) is 2.78. The second kappa shape index (κ2) is 5.66. The molecule has 1 aliphatic rings. The highest BCUT2D eigenvalue weighted by atomic mass is 16.8. The number of carbonyl (C=O) groups excluding carboxylic acids is 2. The van der Waals surface area contributed by atoms with E-state index < -0.39 is 24.5 Å². The molecular formula is C10H10O6. The number of terminal acetylenes is 1. The summed E-state index contributed by atoms with van der Waals surface area (Å²) in [5.74, 6) is 2.10. The van der Waals surface area contributed by atoms with Gasteiger partial charge in [-0.2, -0.15) is 0 Å². The molecule has 2 atom stereocenters. The lowest BCUT2D eigenvalue weighted by Gasteiger charge is -2.11. The summed E-state index contributed by atoms with van der Waals surface area (Å²) in [4.78, 5) is 21.6. The van der Waals surface area contributed by atoms with Crippen molar-refractivity contribution in [2.24, 2.45) is 0 Å². The molecule has 0 N–H and O–H groups in total. The molecule has 1 heterocycles. The molecule has 0 radical (unpaired) electrons. The van der Waals surface area contributed by atoms with E-state index in [-0.39, 0.29) is 13.2 Å². The van der Waals surface area contributed by atoms with Crippen LogP contribution in [0.25, 0.3) is 0 Å². The Bertz CT molecular complexity index is 329. The monoisotopic (exact) mass is 226 g/mol. The van der Waals surface area contributed by atoms with Crippen LogP contribution in [-0.4, -0.2) is 37.7 Å². The van der Waals surface area contributed by atoms with E-state index in [1.165, 1.54) is 6.08 Å². The number of ether oxygens (including phenoxy) is 4. The molecule has 6 heteroatoms. The van der Waals surface area contributed by atoms with Crippen LogP contribution in [0, 0.1) is 12.3 Å². The van der Waals surface area contributed by atoms with Crippen molar-refractivity contribution in [2.45, 2.75) is 12.2 Å². The highest BCUT2D eigenvalue weighted by Crippen LogP contribution is 2.16. The molecule has 86 valence electrons. The van der Waals surface area contributed by atoms with Crippen LogP contribution in [0.2, 0.25) is 0 Å². The summed E-state index contributed by atoms with van der Waals surface area (Å²) in [6.07, 6.45) is 3.16. The molecule has 1 fully saturated rings. The third-order valence-corrected chi connectivity index (χ3v) is 1.72. The van der Waals surface area contributed by atoms with Crippen LogP contribution < -0.4 is 0 Å². The van der Waals surface area contributed by atoms with Crippen LogP contribution in [-0.2, 0) is 18.9 Å². The van der Waals surface area contributed by atoms with Crippen molar-refractivity contribution in [3.05, 3.63) is 12.7 Å². The highest BCUT2D eigenvalue weighted by Gasteiger charge is 2.35. The smallest absolute Gasteiger partial charge is 0.430 e. The largest absolute Gasteiger partial charge is 0.509 e. The zero-order valence-corrected chi connectivity index (χ0v) is 8.38. The van der Waals surface area contributed by atoms with Crippen molar-refractivity contribution in [1.82, 2.24) is 0 Å². The fourth-order valence-corrected chi connectivity index (χ4v) is 1.03. The van der Waals surface area contributed by atoms with Gasteiger partial charge in [0.2, 0.25) is 0 Å². The van der Waals surface area contributed by atoms with Crippen molar-refractivity contribution < 1.29 is 28.5 Å². The van der Waals surface area contributed by atoms with Gasteiger partial charge < -0.3 is 18.9 Å². The van der Waals surface area contributed by atoms with Gasteiger partial charge in [-0.25, -0.2) is 9.59 Å². The minimum Gasteiger partial charge on any atom is -0.430 e. The summed E-state index contributed by atoms with van der Waals surface area (Å²) in [7, 11) is 0. The van der Waals surface area contributed by atoms with Crippen molar-refractivity contribution in [3.8, 4) is 12.3 Å². The lowest BCUT2D eigenvalue weighted by Crippen LogP contribution is -2.27. The minimum atomic E-state index is -0.927. The Hall–Kier alpha value is -2.16. The second-order valence-electron chi connectivity index (χ2n) is 2.78. The van der Waals surface area contributed by atoms with Gasteiger partial charge in [0, 0.05) is 0 Å². The van der Waals surface area contributed by atoms with E-state index in [0.29, 0.717) is 0 Å². The molecule has 6 nitrogen and oxygen atoms in total. The Labute approximate surface area is 92.1 Å². The molecule has 0 spiro atoms. The number of hydrogen-bond acceptors (Lipinski definition) is 6. The maximum absolute atomic E-state index is 10.9. The molecule has 1 rings (SSSR count). The van der Waals surface area contributed by atoms with E-state index in [1.54, 1.807) is 0 Å². The first kappa shape index (κ1) is 11.9. The Morgan fingerprint density at radius 3 is 2.94 bits per heavy atom. The fraction of sp³-hybridized carbons (Fsp3) is 0.400. The Morgan fingerprint density at radius 1 is 1.56 bits per heavy atom. The van der Waals surface area contributed by atoms with Gasteiger partial charge in [-0.15, -0.1) is 6.42 Å². The van der Waals surface area contributed by atoms with Gasteiger partial charge >= 0.3 is 12.3 Å². The number of hydrogen-bond donors (Lipinski definition) is 0. The third kappa shape index (κ3) is 3.20. The number of carbonyl (C=O) groups is 2. The maximum atomic E-state index is 10.9. The average molecular weight is 226 g/mol. The molecule has 0 amide bonds. The Balaban J connectivity index is 2.32. The maximum Gasteiger partial charge on any atom is 0.509 e. The Morgan fingerprint density at radius 2 is 2.31 bits per heavy atom. The van der Waals surface area contributed by atoms with Crippen molar-refractivity contribution in [1.29, 1.82) is 0 Å². The first-order chi connectivity index (χ1) is 7.67. The molecule has 0 bridgehead atoms. The lowest BCUT2D eigenvalue weighted by molar-refractivity contribution is 0.0258. The predicted molar refractivity (Wildman–Crippen MR) is 51.5 cm³/mol. The molecule has 0 aliphatic carbocycles. The molecular weight excluding hydrogens is 216 g/mol. The van der Waals surface area contributed by atoms with E-state index in [9.17, 15) is 9.59 Å². The molecule has 0 saturated carbocycles. The standard InChI is InChI=1S/C10H10O6/c1-3-5-13-9(11)14-6-8-7(4-2)15-10(12)16-8/h1,4,7-8H,2,5-6H2. The summed E-state index contributed by atoms with van der Waals surface area (Å²) in [5, 5.41) is 0. The van der Waals surface area contributed by atoms with Crippen LogP contribution in [0.1, 0.15) is 0 Å². The third-order valence-electron chi connectivity index (χ3n) is 1.72. The molecule has 1 aliphatic heterocycles. The zero-order chi connectivity index (χ0) is 12.0. The summed E-state index contributed by atoms with van der Waals surface area (Å²) >= 11 is 0. The van der Waals surface area contributed by atoms with Gasteiger partial charge in [0.1, 0.15) is 6.61 Å². The molecule has 0 aromatic rings. The van der Waals surface area contributed by atoms with E-state index in [0.717, 1.165) is 0 Å². The van der Waals surface area contributed by atoms with Gasteiger partial charge in [0.25, 0.3) is 0 Å². The topological polar surface area (TPSA) is 71.1 Å². The van der Waals surface area contributed by atoms with E-state index in [4.69, 9.17) is 15.9 Å². The van der Waals surface area contributed by atoms with Crippen molar-refractivity contribution in [3.63, 3.8) is 0 Å². The van der Waals surface area contributed by atoms with E-state index in [1.807, 2.05) is 0 Å². The minimum absolute atomic E-state index is 0.175. The van der Waals surface area contributed by atoms with E-state index in [2.05, 4.69) is 22.0 Å². The summed E-state index contributed by atoms with van der Waals surface area (Å²) in [5.41, 5.74) is 0. The SMILES string of the molecule is C#CCOC(=O)OCC1OC(=O)OC1C=C. The van der Waals surface area contributed by atoms with Gasteiger partial charge in [0.15, 0.2) is 18.8 Å². The summed E-state index contributed by atoms with van der Waals surface area (Å²) < 4.78 is 18.5. The van der Waals surface area contributed by atoms with Crippen LogP contribution in [0.3, 0.4) is 0 Å². The van der Waals surface area contributed by atoms with Gasteiger partial charge in [-0.1, -0.05) is 12.5 Å².